The molecular weight excluding hydrogens is 276 g/mol. The van der Waals surface area contributed by atoms with E-state index in [1.54, 1.807) is 12.3 Å². The zero-order chi connectivity index (χ0) is 14.5. The first-order chi connectivity index (χ1) is 9.60. The molecule has 110 valence electrons. The Hall–Kier alpha value is -1.43. The van der Waals surface area contributed by atoms with Gasteiger partial charge in [0.1, 0.15) is 12.2 Å². The monoisotopic (exact) mass is 296 g/mol. The number of nitrogens with zero attached hydrogens (tertiary/aromatic N) is 1. The molecule has 0 aromatic carbocycles. The Kier molecular flexibility index (Phi) is 5.11. The van der Waals surface area contributed by atoms with Crippen LogP contribution in [-0.4, -0.2) is 38.6 Å². The van der Waals surface area contributed by atoms with Crippen molar-refractivity contribution in [2.24, 2.45) is 0 Å². The fourth-order valence-corrected chi connectivity index (χ4v) is 3.77. The summed E-state index contributed by atoms with van der Waals surface area (Å²) in [6.07, 6.45) is 4.79. The first kappa shape index (κ1) is 15.0. The third-order valence-electron chi connectivity index (χ3n) is 3.51. The molecule has 1 aliphatic rings. The zero-order valence-electron chi connectivity index (χ0n) is 11.5. The molecule has 5 nitrogen and oxygen atoms in total. The van der Waals surface area contributed by atoms with Crippen LogP contribution in [0.1, 0.15) is 36.7 Å². The Balaban J connectivity index is 1.84. The Morgan fingerprint density at radius 2 is 2.30 bits per heavy atom. The molecule has 0 radical (unpaired) electrons. The van der Waals surface area contributed by atoms with E-state index >= 15 is 0 Å². The van der Waals surface area contributed by atoms with Gasteiger partial charge in [0.25, 0.3) is 0 Å². The van der Waals surface area contributed by atoms with Gasteiger partial charge in [0, 0.05) is 17.5 Å². The lowest BCUT2D eigenvalue weighted by atomic mass is 10.2. The number of aromatic carboxylic acids is 1. The van der Waals surface area contributed by atoms with Crippen LogP contribution in [0.4, 0.5) is 0 Å². The van der Waals surface area contributed by atoms with Crippen LogP contribution < -0.4 is 5.32 Å². The molecule has 1 saturated carbocycles. The van der Waals surface area contributed by atoms with E-state index in [4.69, 9.17) is 5.11 Å². The average Bonchev–Trinajstić information content (AvgIpc) is 2.99. The summed E-state index contributed by atoms with van der Waals surface area (Å²) >= 11 is 1.95. The van der Waals surface area contributed by atoms with Crippen LogP contribution in [0.5, 0.6) is 0 Å². The van der Waals surface area contributed by atoms with Gasteiger partial charge >= 0.3 is 5.97 Å². The highest BCUT2D eigenvalue weighted by atomic mass is 32.2. The molecule has 1 aromatic rings. The zero-order valence-corrected chi connectivity index (χ0v) is 12.4. The molecule has 6 heteroatoms. The number of amides is 1. The number of carbonyl (C=O) groups excluding carboxylic acids is 1. The third kappa shape index (κ3) is 3.79. The van der Waals surface area contributed by atoms with Gasteiger partial charge in [-0.1, -0.05) is 6.92 Å². The van der Waals surface area contributed by atoms with Crippen LogP contribution in [0.15, 0.2) is 18.3 Å². The summed E-state index contributed by atoms with van der Waals surface area (Å²) in [6, 6.07) is 3.37. The molecule has 0 bridgehead atoms. The first-order valence-corrected chi connectivity index (χ1v) is 7.94. The van der Waals surface area contributed by atoms with E-state index < -0.39 is 5.97 Å². The maximum absolute atomic E-state index is 12.0. The van der Waals surface area contributed by atoms with Gasteiger partial charge in [0.15, 0.2) is 0 Å². The van der Waals surface area contributed by atoms with Crippen molar-refractivity contribution in [3.05, 3.63) is 24.0 Å². The van der Waals surface area contributed by atoms with Gasteiger partial charge in [0.05, 0.1) is 0 Å². The summed E-state index contributed by atoms with van der Waals surface area (Å²) in [5, 5.41) is 12.6. The molecule has 0 aliphatic heterocycles. The van der Waals surface area contributed by atoms with E-state index in [2.05, 4.69) is 12.2 Å². The minimum atomic E-state index is -1.01. The van der Waals surface area contributed by atoms with E-state index in [0.717, 1.165) is 25.0 Å². The fourth-order valence-electron chi connectivity index (χ4n) is 2.63. The molecule has 2 atom stereocenters. The van der Waals surface area contributed by atoms with Crippen LogP contribution in [-0.2, 0) is 11.3 Å². The summed E-state index contributed by atoms with van der Waals surface area (Å²) in [7, 11) is 0. The van der Waals surface area contributed by atoms with Gasteiger partial charge < -0.3 is 15.0 Å². The summed E-state index contributed by atoms with van der Waals surface area (Å²) < 4.78 is 1.46. The van der Waals surface area contributed by atoms with Gasteiger partial charge in [0.2, 0.25) is 5.91 Å². The van der Waals surface area contributed by atoms with Crippen molar-refractivity contribution in [1.29, 1.82) is 0 Å². The first-order valence-electron chi connectivity index (χ1n) is 6.89. The van der Waals surface area contributed by atoms with E-state index in [1.165, 1.54) is 10.6 Å². The quantitative estimate of drug-likeness (QED) is 0.842. The topological polar surface area (TPSA) is 71.3 Å². The number of nitrogens with one attached hydrogen (secondary N) is 1. The number of hydrogen-bond donors (Lipinski definition) is 2. The predicted molar refractivity (Wildman–Crippen MR) is 79.1 cm³/mol. The second-order valence-electron chi connectivity index (χ2n) is 4.98. The smallest absolute Gasteiger partial charge is 0.352 e. The summed E-state index contributed by atoms with van der Waals surface area (Å²) in [5.41, 5.74) is 0.144. The number of aromatic nitrogens is 1. The average molecular weight is 296 g/mol. The molecule has 1 heterocycles. The molecule has 1 amide bonds. The highest BCUT2D eigenvalue weighted by Crippen LogP contribution is 2.29. The standard InChI is InChI=1S/C14H20N2O3S/c1-2-20-11-6-5-10(8-11)15-13(17)9-16-7-3-4-12(16)14(18)19/h3-4,7,10-11H,2,5-6,8-9H2,1H3,(H,15,17)(H,18,19). The lowest BCUT2D eigenvalue weighted by Crippen LogP contribution is -2.36. The van der Waals surface area contributed by atoms with Crippen LogP contribution in [0.3, 0.4) is 0 Å². The molecular formula is C14H20N2O3S. The van der Waals surface area contributed by atoms with E-state index in [1.807, 2.05) is 11.8 Å². The van der Waals surface area contributed by atoms with E-state index in [-0.39, 0.29) is 24.2 Å². The number of thioether (sulfide) groups is 1. The Morgan fingerprint density at radius 3 is 3.00 bits per heavy atom. The van der Waals surface area contributed by atoms with Gasteiger partial charge in [-0.3, -0.25) is 4.79 Å². The Morgan fingerprint density at radius 1 is 1.50 bits per heavy atom. The van der Waals surface area contributed by atoms with Gasteiger partial charge in [-0.15, -0.1) is 0 Å². The summed E-state index contributed by atoms with van der Waals surface area (Å²) in [6.45, 7) is 2.22. The van der Waals surface area contributed by atoms with Crippen molar-refractivity contribution in [1.82, 2.24) is 9.88 Å². The Bertz CT molecular complexity index is 487. The third-order valence-corrected chi connectivity index (χ3v) is 4.75. The minimum Gasteiger partial charge on any atom is -0.477 e. The van der Waals surface area contributed by atoms with Crippen molar-refractivity contribution >= 4 is 23.6 Å². The molecule has 20 heavy (non-hydrogen) atoms. The maximum atomic E-state index is 12.0. The minimum absolute atomic E-state index is 0.0662. The predicted octanol–water partition coefficient (Wildman–Crippen LogP) is 1.98. The molecule has 0 spiro atoms. The summed E-state index contributed by atoms with van der Waals surface area (Å²) in [5.74, 6) is -0.0182. The van der Waals surface area contributed by atoms with Gasteiger partial charge in [-0.25, -0.2) is 4.79 Å². The Labute approximate surface area is 122 Å². The molecule has 1 aliphatic carbocycles. The largest absolute Gasteiger partial charge is 0.477 e. The molecule has 1 fully saturated rings. The van der Waals surface area contributed by atoms with E-state index in [9.17, 15) is 9.59 Å². The normalized spacial score (nSPS) is 21.9. The number of carbonyl (C=O) groups is 2. The van der Waals surface area contributed by atoms with Crippen LogP contribution in [0, 0.1) is 0 Å². The molecule has 2 rings (SSSR count). The highest BCUT2D eigenvalue weighted by molar-refractivity contribution is 7.99. The lowest BCUT2D eigenvalue weighted by Gasteiger charge is -2.14. The van der Waals surface area contributed by atoms with Crippen LogP contribution in [0.2, 0.25) is 0 Å². The lowest BCUT2D eigenvalue weighted by molar-refractivity contribution is -0.122. The fraction of sp³-hybridized carbons (Fsp3) is 0.571. The van der Waals surface area contributed by atoms with Crippen molar-refractivity contribution in [3.8, 4) is 0 Å². The highest BCUT2D eigenvalue weighted by Gasteiger charge is 2.25. The number of carboxylic acids is 1. The SMILES string of the molecule is CCSC1CCC(NC(=O)Cn2cccc2C(=O)O)C1. The van der Waals surface area contributed by atoms with Gasteiger partial charge in [-0.2, -0.15) is 11.8 Å². The van der Waals surface area contributed by atoms with Gasteiger partial charge in [-0.05, 0) is 37.1 Å². The maximum Gasteiger partial charge on any atom is 0.352 e. The van der Waals surface area contributed by atoms with Crippen molar-refractivity contribution in [3.63, 3.8) is 0 Å². The second-order valence-corrected chi connectivity index (χ2v) is 6.56. The molecule has 0 saturated heterocycles. The summed E-state index contributed by atoms with van der Waals surface area (Å²) in [4.78, 5) is 22.9. The van der Waals surface area contributed by atoms with E-state index in [0.29, 0.717) is 5.25 Å². The van der Waals surface area contributed by atoms with Crippen LogP contribution >= 0.6 is 11.8 Å². The van der Waals surface area contributed by atoms with Crippen LogP contribution in [0.25, 0.3) is 0 Å². The number of rotatable bonds is 6. The molecule has 2 N–H and O–H groups in total. The van der Waals surface area contributed by atoms with Crippen molar-refractivity contribution < 1.29 is 14.7 Å². The second kappa shape index (κ2) is 6.83. The molecule has 2 unspecified atom stereocenters. The number of carboxylic acid groups (broad SMARTS) is 1. The van der Waals surface area contributed by atoms with Crippen molar-refractivity contribution in [2.75, 3.05) is 5.75 Å². The van der Waals surface area contributed by atoms with Crippen molar-refractivity contribution in [2.45, 2.75) is 44.0 Å². The molecule has 1 aromatic heterocycles. The number of hydrogen-bond acceptors (Lipinski definition) is 3.